The number of aromatic nitrogens is 1. The SMILES string of the molecule is C=CCN(CC)CCc1c[nH]c2ccc(OC(=O)CCCCC(=O)O)cc12. The Morgan fingerprint density at radius 1 is 1.30 bits per heavy atom. The van der Waals surface area contributed by atoms with E-state index >= 15 is 0 Å². The first-order valence-corrected chi connectivity index (χ1v) is 9.39. The van der Waals surface area contributed by atoms with E-state index in [4.69, 9.17) is 9.84 Å². The van der Waals surface area contributed by atoms with Crippen molar-refractivity contribution in [3.63, 3.8) is 0 Å². The number of carboxylic acids is 1. The highest BCUT2D eigenvalue weighted by molar-refractivity contribution is 5.85. The van der Waals surface area contributed by atoms with Crippen LogP contribution in [-0.4, -0.2) is 46.6 Å². The minimum absolute atomic E-state index is 0.0760. The fraction of sp³-hybridized carbons (Fsp3) is 0.429. The van der Waals surface area contributed by atoms with E-state index in [2.05, 4.69) is 23.4 Å². The van der Waals surface area contributed by atoms with Gasteiger partial charge in [0.1, 0.15) is 5.75 Å². The molecule has 0 aliphatic heterocycles. The molecule has 0 aliphatic carbocycles. The third kappa shape index (κ3) is 6.57. The number of aromatic amines is 1. The first-order chi connectivity index (χ1) is 13.0. The maximum absolute atomic E-state index is 11.9. The number of ether oxygens (including phenoxy) is 1. The van der Waals surface area contributed by atoms with Gasteiger partial charge in [0, 0.05) is 43.0 Å². The number of nitrogens with one attached hydrogen (secondary N) is 1. The van der Waals surface area contributed by atoms with Gasteiger partial charge in [-0.15, -0.1) is 6.58 Å². The van der Waals surface area contributed by atoms with Gasteiger partial charge in [-0.2, -0.15) is 0 Å². The molecule has 0 aliphatic rings. The van der Waals surface area contributed by atoms with Crippen molar-refractivity contribution in [2.45, 2.75) is 39.0 Å². The summed E-state index contributed by atoms with van der Waals surface area (Å²) >= 11 is 0. The second-order valence-electron chi connectivity index (χ2n) is 6.53. The summed E-state index contributed by atoms with van der Waals surface area (Å²) in [5.74, 6) is -0.659. The van der Waals surface area contributed by atoms with E-state index in [0.717, 1.165) is 37.0 Å². The number of esters is 1. The summed E-state index contributed by atoms with van der Waals surface area (Å²) in [7, 11) is 0. The molecule has 2 aromatic rings. The van der Waals surface area contributed by atoms with Gasteiger partial charge in [-0.05, 0) is 49.6 Å². The summed E-state index contributed by atoms with van der Waals surface area (Å²) in [6.45, 7) is 8.69. The largest absolute Gasteiger partial charge is 0.481 e. The second kappa shape index (κ2) is 10.5. The van der Waals surface area contributed by atoms with Crippen molar-refractivity contribution < 1.29 is 19.4 Å². The summed E-state index contributed by atoms with van der Waals surface area (Å²) in [4.78, 5) is 28.0. The number of likely N-dealkylation sites (N-methyl/N-ethyl adjacent to an activating group) is 1. The molecule has 0 atom stereocenters. The molecule has 0 saturated heterocycles. The van der Waals surface area contributed by atoms with Crippen LogP contribution in [0.2, 0.25) is 0 Å². The summed E-state index contributed by atoms with van der Waals surface area (Å²) in [5, 5.41) is 9.67. The summed E-state index contributed by atoms with van der Waals surface area (Å²) in [6.07, 6.45) is 6.10. The Morgan fingerprint density at radius 3 is 2.78 bits per heavy atom. The molecule has 1 heterocycles. The lowest BCUT2D eigenvalue weighted by Crippen LogP contribution is -2.25. The molecule has 0 radical (unpaired) electrons. The Kier molecular flexibility index (Phi) is 8.07. The molecule has 1 aromatic carbocycles. The van der Waals surface area contributed by atoms with Crippen LogP contribution < -0.4 is 4.74 Å². The minimum atomic E-state index is -0.844. The number of unbranched alkanes of at least 4 members (excludes halogenated alkanes) is 1. The monoisotopic (exact) mass is 372 g/mol. The van der Waals surface area contributed by atoms with Crippen molar-refractivity contribution in [2.75, 3.05) is 19.6 Å². The topological polar surface area (TPSA) is 82.6 Å². The summed E-state index contributed by atoms with van der Waals surface area (Å²) in [5.41, 5.74) is 2.20. The van der Waals surface area contributed by atoms with E-state index in [1.807, 2.05) is 24.4 Å². The molecule has 0 spiro atoms. The number of benzene rings is 1. The molecule has 0 saturated carbocycles. The van der Waals surface area contributed by atoms with Gasteiger partial charge in [-0.1, -0.05) is 13.0 Å². The van der Waals surface area contributed by atoms with Crippen LogP contribution in [0.3, 0.4) is 0 Å². The van der Waals surface area contributed by atoms with Crippen LogP contribution in [0.4, 0.5) is 0 Å². The average Bonchev–Trinajstić information content (AvgIpc) is 3.04. The highest BCUT2D eigenvalue weighted by Crippen LogP contribution is 2.24. The Hall–Kier alpha value is -2.60. The van der Waals surface area contributed by atoms with E-state index in [1.165, 1.54) is 5.56 Å². The molecule has 2 N–H and O–H groups in total. The van der Waals surface area contributed by atoms with E-state index < -0.39 is 5.97 Å². The quantitative estimate of drug-likeness (QED) is 0.256. The van der Waals surface area contributed by atoms with Gasteiger partial charge >= 0.3 is 11.9 Å². The van der Waals surface area contributed by atoms with Crippen LogP contribution in [0.5, 0.6) is 5.75 Å². The normalized spacial score (nSPS) is 11.0. The van der Waals surface area contributed by atoms with Gasteiger partial charge < -0.3 is 14.8 Å². The van der Waals surface area contributed by atoms with E-state index in [-0.39, 0.29) is 18.8 Å². The Labute approximate surface area is 159 Å². The van der Waals surface area contributed by atoms with Gasteiger partial charge in [-0.3, -0.25) is 14.5 Å². The number of hydrogen-bond acceptors (Lipinski definition) is 4. The Balaban J connectivity index is 1.96. The first kappa shape index (κ1) is 20.7. The number of H-pyrrole nitrogens is 1. The van der Waals surface area contributed by atoms with Crippen molar-refractivity contribution in [3.05, 3.63) is 42.6 Å². The molecular formula is C21H28N2O4. The second-order valence-corrected chi connectivity index (χ2v) is 6.53. The number of carbonyl (C=O) groups is 2. The average molecular weight is 372 g/mol. The lowest BCUT2D eigenvalue weighted by atomic mass is 10.1. The smallest absolute Gasteiger partial charge is 0.311 e. The standard InChI is InChI=1S/C21H28N2O4/c1-3-12-23(4-2)13-11-16-15-22-19-10-9-17(14-18(16)19)27-21(26)8-6-5-7-20(24)25/h3,9-10,14-15,22H,1,4-8,11-13H2,2H3,(H,24,25). The number of nitrogens with zero attached hydrogens (tertiary/aromatic N) is 1. The number of carbonyl (C=O) groups excluding carboxylic acids is 1. The van der Waals surface area contributed by atoms with E-state index in [0.29, 0.717) is 18.6 Å². The maximum atomic E-state index is 11.9. The predicted molar refractivity (Wildman–Crippen MR) is 106 cm³/mol. The highest BCUT2D eigenvalue weighted by atomic mass is 16.5. The van der Waals surface area contributed by atoms with Crippen LogP contribution in [0.1, 0.15) is 38.2 Å². The predicted octanol–water partition coefficient (Wildman–Crippen LogP) is 3.77. The Bertz CT molecular complexity index is 782. The molecule has 146 valence electrons. The Morgan fingerprint density at radius 2 is 2.07 bits per heavy atom. The molecule has 27 heavy (non-hydrogen) atoms. The molecule has 0 unspecified atom stereocenters. The van der Waals surface area contributed by atoms with Crippen LogP contribution in [-0.2, 0) is 16.0 Å². The fourth-order valence-corrected chi connectivity index (χ4v) is 3.00. The highest BCUT2D eigenvalue weighted by Gasteiger charge is 2.10. The molecule has 6 heteroatoms. The number of aliphatic carboxylic acids is 1. The summed E-state index contributed by atoms with van der Waals surface area (Å²) in [6, 6.07) is 5.57. The third-order valence-electron chi connectivity index (χ3n) is 4.52. The van der Waals surface area contributed by atoms with Gasteiger partial charge in [-0.25, -0.2) is 0 Å². The van der Waals surface area contributed by atoms with Gasteiger partial charge in [0.05, 0.1) is 0 Å². The molecule has 0 amide bonds. The van der Waals surface area contributed by atoms with Gasteiger partial charge in [0.2, 0.25) is 0 Å². The number of rotatable bonds is 12. The number of hydrogen-bond donors (Lipinski definition) is 2. The molecule has 2 rings (SSSR count). The molecule has 6 nitrogen and oxygen atoms in total. The molecule has 0 bridgehead atoms. The zero-order chi connectivity index (χ0) is 19.6. The van der Waals surface area contributed by atoms with Gasteiger partial charge in [0.25, 0.3) is 0 Å². The van der Waals surface area contributed by atoms with Crippen LogP contribution >= 0.6 is 0 Å². The third-order valence-corrected chi connectivity index (χ3v) is 4.52. The molecule has 1 aromatic heterocycles. The lowest BCUT2D eigenvalue weighted by Gasteiger charge is -2.17. The van der Waals surface area contributed by atoms with Crippen molar-refractivity contribution in [3.8, 4) is 5.75 Å². The zero-order valence-electron chi connectivity index (χ0n) is 15.9. The fourth-order valence-electron chi connectivity index (χ4n) is 3.00. The lowest BCUT2D eigenvalue weighted by molar-refractivity contribution is -0.138. The van der Waals surface area contributed by atoms with Crippen LogP contribution in [0, 0.1) is 0 Å². The van der Waals surface area contributed by atoms with Crippen molar-refractivity contribution >= 4 is 22.8 Å². The first-order valence-electron chi connectivity index (χ1n) is 9.39. The maximum Gasteiger partial charge on any atom is 0.311 e. The zero-order valence-corrected chi connectivity index (χ0v) is 15.9. The number of fused-ring (bicyclic) bond motifs is 1. The van der Waals surface area contributed by atoms with Crippen molar-refractivity contribution in [1.82, 2.24) is 9.88 Å². The van der Waals surface area contributed by atoms with Crippen molar-refractivity contribution in [1.29, 1.82) is 0 Å². The van der Waals surface area contributed by atoms with E-state index in [9.17, 15) is 9.59 Å². The van der Waals surface area contributed by atoms with Crippen LogP contribution in [0.25, 0.3) is 10.9 Å². The molecule has 0 fully saturated rings. The van der Waals surface area contributed by atoms with Crippen molar-refractivity contribution in [2.24, 2.45) is 0 Å². The minimum Gasteiger partial charge on any atom is -0.481 e. The van der Waals surface area contributed by atoms with Gasteiger partial charge in [0.15, 0.2) is 0 Å². The van der Waals surface area contributed by atoms with E-state index in [1.54, 1.807) is 6.07 Å². The molecular weight excluding hydrogens is 344 g/mol. The summed E-state index contributed by atoms with van der Waals surface area (Å²) < 4.78 is 5.42. The van der Waals surface area contributed by atoms with Crippen LogP contribution in [0.15, 0.2) is 37.1 Å². The number of carboxylic acid groups (broad SMARTS) is 1.